The van der Waals surface area contributed by atoms with E-state index in [1.807, 2.05) is 0 Å². The van der Waals surface area contributed by atoms with Crippen molar-refractivity contribution in [1.29, 1.82) is 0 Å². The maximum absolute atomic E-state index is 12.3. The SMILES string of the molecule is O=C(CC1COC2(C1)CN(C(=O)c1ncccn1)C2)NCC1CC1. The second-order valence-corrected chi connectivity index (χ2v) is 7.25. The van der Waals surface area contributed by atoms with Crippen LogP contribution in [0.15, 0.2) is 18.5 Å². The van der Waals surface area contributed by atoms with Gasteiger partial charge in [-0.05, 0) is 37.2 Å². The Kier molecular flexibility index (Phi) is 3.96. The summed E-state index contributed by atoms with van der Waals surface area (Å²) in [4.78, 5) is 33.9. The molecule has 0 aromatic carbocycles. The van der Waals surface area contributed by atoms with Crippen molar-refractivity contribution in [2.24, 2.45) is 11.8 Å². The summed E-state index contributed by atoms with van der Waals surface area (Å²) in [7, 11) is 0. The number of hydrogen-bond donors (Lipinski definition) is 1. The Morgan fingerprint density at radius 3 is 2.71 bits per heavy atom. The van der Waals surface area contributed by atoms with Gasteiger partial charge in [0.15, 0.2) is 0 Å². The number of carbonyl (C=O) groups is 2. The summed E-state index contributed by atoms with van der Waals surface area (Å²) in [6, 6.07) is 1.69. The largest absolute Gasteiger partial charge is 0.371 e. The molecule has 2 amide bonds. The number of aromatic nitrogens is 2. The number of nitrogens with one attached hydrogen (secondary N) is 1. The van der Waals surface area contributed by atoms with Crippen LogP contribution in [-0.2, 0) is 9.53 Å². The van der Waals surface area contributed by atoms with Crippen molar-refractivity contribution in [3.8, 4) is 0 Å². The summed E-state index contributed by atoms with van der Waals surface area (Å²) >= 11 is 0. The highest BCUT2D eigenvalue weighted by Gasteiger charge is 2.51. The van der Waals surface area contributed by atoms with Crippen LogP contribution in [0.2, 0.25) is 0 Å². The fourth-order valence-electron chi connectivity index (χ4n) is 3.55. The monoisotopic (exact) mass is 330 g/mol. The van der Waals surface area contributed by atoms with E-state index < -0.39 is 0 Å². The van der Waals surface area contributed by atoms with E-state index >= 15 is 0 Å². The number of likely N-dealkylation sites (tertiary alicyclic amines) is 1. The van der Waals surface area contributed by atoms with Crippen LogP contribution < -0.4 is 5.32 Å². The molecule has 1 aromatic rings. The van der Waals surface area contributed by atoms with Crippen molar-refractivity contribution >= 4 is 11.8 Å². The quantitative estimate of drug-likeness (QED) is 0.856. The molecule has 1 spiro atoms. The van der Waals surface area contributed by atoms with Gasteiger partial charge in [0.25, 0.3) is 5.91 Å². The van der Waals surface area contributed by atoms with E-state index in [1.165, 1.54) is 12.8 Å². The van der Waals surface area contributed by atoms with Gasteiger partial charge in [-0.15, -0.1) is 0 Å². The second-order valence-electron chi connectivity index (χ2n) is 7.25. The number of nitrogens with zero attached hydrogens (tertiary/aromatic N) is 3. The molecular formula is C17H22N4O3. The first-order valence-electron chi connectivity index (χ1n) is 8.60. The molecule has 1 saturated carbocycles. The first-order valence-corrected chi connectivity index (χ1v) is 8.60. The van der Waals surface area contributed by atoms with Gasteiger partial charge >= 0.3 is 0 Å². The normalized spacial score (nSPS) is 24.7. The van der Waals surface area contributed by atoms with E-state index in [-0.39, 0.29) is 29.2 Å². The summed E-state index contributed by atoms with van der Waals surface area (Å²) in [6.07, 6.45) is 6.97. The van der Waals surface area contributed by atoms with Gasteiger partial charge in [0.05, 0.1) is 19.7 Å². The number of hydrogen-bond acceptors (Lipinski definition) is 5. The highest BCUT2D eigenvalue weighted by atomic mass is 16.5. The van der Waals surface area contributed by atoms with Gasteiger partial charge in [-0.3, -0.25) is 9.59 Å². The molecule has 3 heterocycles. The van der Waals surface area contributed by atoms with Gasteiger partial charge in [0.1, 0.15) is 5.60 Å². The van der Waals surface area contributed by atoms with E-state index in [0.717, 1.165) is 13.0 Å². The molecule has 1 aromatic heterocycles. The van der Waals surface area contributed by atoms with Gasteiger partial charge in [0, 0.05) is 25.4 Å². The zero-order valence-electron chi connectivity index (χ0n) is 13.6. The molecule has 0 radical (unpaired) electrons. The Labute approximate surface area is 140 Å². The first kappa shape index (κ1) is 15.5. The molecule has 2 aliphatic heterocycles. The summed E-state index contributed by atoms with van der Waals surface area (Å²) in [6.45, 7) is 2.53. The number of rotatable bonds is 5. The Hall–Kier alpha value is -2.02. The minimum absolute atomic E-state index is 0.123. The summed E-state index contributed by atoms with van der Waals surface area (Å²) < 4.78 is 5.93. The Morgan fingerprint density at radius 1 is 1.25 bits per heavy atom. The maximum atomic E-state index is 12.3. The molecule has 3 fully saturated rings. The third-order valence-corrected chi connectivity index (χ3v) is 5.05. The van der Waals surface area contributed by atoms with Crippen molar-refractivity contribution < 1.29 is 14.3 Å². The molecule has 1 unspecified atom stereocenters. The molecule has 24 heavy (non-hydrogen) atoms. The molecule has 2 saturated heterocycles. The van der Waals surface area contributed by atoms with Crippen LogP contribution in [0.25, 0.3) is 0 Å². The summed E-state index contributed by atoms with van der Waals surface area (Å²) in [5.41, 5.74) is -0.272. The lowest BCUT2D eigenvalue weighted by Crippen LogP contribution is -2.63. The van der Waals surface area contributed by atoms with E-state index in [4.69, 9.17) is 4.74 Å². The Balaban J connectivity index is 1.24. The number of ether oxygens (including phenoxy) is 1. The van der Waals surface area contributed by atoms with Crippen LogP contribution in [0, 0.1) is 11.8 Å². The molecule has 4 rings (SSSR count). The van der Waals surface area contributed by atoms with Gasteiger partial charge in [0.2, 0.25) is 11.7 Å². The van der Waals surface area contributed by atoms with Crippen LogP contribution in [0.5, 0.6) is 0 Å². The van der Waals surface area contributed by atoms with Crippen LogP contribution >= 0.6 is 0 Å². The lowest BCUT2D eigenvalue weighted by atomic mass is 9.85. The minimum atomic E-state index is -0.272. The molecule has 1 aliphatic carbocycles. The van der Waals surface area contributed by atoms with Crippen molar-refractivity contribution in [1.82, 2.24) is 20.2 Å². The number of carbonyl (C=O) groups excluding carboxylic acids is 2. The molecule has 7 nitrogen and oxygen atoms in total. The van der Waals surface area contributed by atoms with Crippen molar-refractivity contribution in [2.75, 3.05) is 26.2 Å². The smallest absolute Gasteiger partial charge is 0.291 e. The molecule has 3 aliphatic rings. The fraction of sp³-hybridized carbons (Fsp3) is 0.647. The highest BCUT2D eigenvalue weighted by molar-refractivity contribution is 5.91. The summed E-state index contributed by atoms with van der Waals surface area (Å²) in [5.74, 6) is 1.13. The second kappa shape index (κ2) is 6.12. The van der Waals surface area contributed by atoms with Crippen molar-refractivity contribution in [3.63, 3.8) is 0 Å². The minimum Gasteiger partial charge on any atom is -0.371 e. The molecule has 1 atom stereocenters. The maximum Gasteiger partial charge on any atom is 0.291 e. The lowest BCUT2D eigenvalue weighted by Gasteiger charge is -2.46. The highest BCUT2D eigenvalue weighted by Crippen LogP contribution is 2.39. The molecule has 7 heteroatoms. The van der Waals surface area contributed by atoms with E-state index in [0.29, 0.717) is 32.0 Å². The Morgan fingerprint density at radius 2 is 2.00 bits per heavy atom. The standard InChI is InChI=1S/C17H22N4O3/c22-14(20-8-12-2-3-12)6-13-7-17(24-9-13)10-21(11-17)16(23)15-18-4-1-5-19-15/h1,4-5,12-13H,2-3,6-11H2,(H,20,22). The Bertz CT molecular complexity index is 626. The van der Waals surface area contributed by atoms with E-state index in [9.17, 15) is 9.59 Å². The van der Waals surface area contributed by atoms with Gasteiger partial charge in [-0.25, -0.2) is 9.97 Å². The first-order chi connectivity index (χ1) is 11.6. The summed E-state index contributed by atoms with van der Waals surface area (Å²) in [5, 5.41) is 3.01. The predicted octanol–water partition coefficient (Wildman–Crippen LogP) is 0.624. The van der Waals surface area contributed by atoms with Crippen LogP contribution in [-0.4, -0.2) is 58.5 Å². The molecule has 1 N–H and O–H groups in total. The van der Waals surface area contributed by atoms with Crippen molar-refractivity contribution in [2.45, 2.75) is 31.3 Å². The van der Waals surface area contributed by atoms with Gasteiger partial charge in [-0.1, -0.05) is 0 Å². The third kappa shape index (κ3) is 3.26. The zero-order chi connectivity index (χ0) is 16.6. The van der Waals surface area contributed by atoms with Gasteiger partial charge in [-0.2, -0.15) is 0 Å². The number of amides is 2. The topological polar surface area (TPSA) is 84.4 Å². The fourth-order valence-corrected chi connectivity index (χ4v) is 3.55. The molecular weight excluding hydrogens is 308 g/mol. The van der Waals surface area contributed by atoms with Crippen LogP contribution in [0.3, 0.4) is 0 Å². The van der Waals surface area contributed by atoms with Gasteiger partial charge < -0.3 is 15.0 Å². The van der Waals surface area contributed by atoms with Crippen LogP contribution in [0.1, 0.15) is 36.3 Å². The molecule has 128 valence electrons. The van der Waals surface area contributed by atoms with E-state index in [1.54, 1.807) is 23.4 Å². The van der Waals surface area contributed by atoms with Crippen LogP contribution in [0.4, 0.5) is 0 Å². The molecule has 0 bridgehead atoms. The van der Waals surface area contributed by atoms with E-state index in [2.05, 4.69) is 15.3 Å². The zero-order valence-corrected chi connectivity index (χ0v) is 13.6. The lowest BCUT2D eigenvalue weighted by molar-refractivity contribution is -0.122. The average Bonchev–Trinajstić information content (AvgIpc) is 3.30. The predicted molar refractivity (Wildman–Crippen MR) is 85.1 cm³/mol. The van der Waals surface area contributed by atoms with Crippen molar-refractivity contribution in [3.05, 3.63) is 24.3 Å². The third-order valence-electron chi connectivity index (χ3n) is 5.05. The average molecular weight is 330 g/mol.